The molecule has 4 aromatic carbocycles. The van der Waals surface area contributed by atoms with Crippen LogP contribution in [-0.2, 0) is 16.6 Å². The Morgan fingerprint density at radius 1 is 0.506 bits per heavy atom. The van der Waals surface area contributed by atoms with Crippen LogP contribution in [0.2, 0.25) is 0 Å². The number of aromatic nitrogens is 5. The molecule has 2 aliphatic rings. The van der Waals surface area contributed by atoms with Gasteiger partial charge in [-0.2, -0.15) is 0 Å². The zero-order valence-corrected chi connectivity index (χ0v) is 41.2. The number of nitrogens with one attached hydrogen (secondary N) is 3. The fraction of sp³-hybridized carbons (Fsp3) is 0.107. The summed E-state index contributed by atoms with van der Waals surface area (Å²) in [6, 6.07) is 9.16. The number of fused-ring (bicyclic) bond motifs is 8. The fourth-order valence-electron chi connectivity index (χ4n) is 9.31. The average molecular weight is 1130 g/mol. The summed E-state index contributed by atoms with van der Waals surface area (Å²) in [6.07, 6.45) is 6.08. The van der Waals surface area contributed by atoms with Crippen molar-refractivity contribution in [2.24, 2.45) is 0 Å². The number of carbonyl (C=O) groups excluding carboxylic acids is 1. The molecule has 8 bridgehead atoms. The minimum Gasteiger partial charge on any atom is -0.354 e. The third kappa shape index (κ3) is 9.20. The number of pyridine rings is 1. The molecule has 0 atom stereocenters. The van der Waals surface area contributed by atoms with Crippen molar-refractivity contribution in [2.75, 3.05) is 5.32 Å². The van der Waals surface area contributed by atoms with Gasteiger partial charge in [0, 0.05) is 69.2 Å². The van der Waals surface area contributed by atoms with E-state index in [2.05, 4.69) is 30.2 Å². The van der Waals surface area contributed by atoms with Crippen LogP contribution in [0.3, 0.4) is 0 Å². The molecule has 0 saturated heterocycles. The standard InChI is InChI=1S/C56H30F15N7O3/c1-56(2,3)21-17-30(77-32(79)15-6-20-5-4-16-72-19-20)37(31(18-21)78(80)81)33-22-7-9-24(73-22)34(38-41(57)47(63)53(69)48(64)42(38)58)26-11-13-28(75-26)36(40-45(61)51(67)55(71)52(68)46(40)62)29-14-12-27(76-29)35(25-10-8-23(33)74-25)39-43(59)49(65)54(70)50(66)44(39)60/h4-5,7-14,16-19,73,76H,6,15H2,1-3H3,(H,77,79). The van der Waals surface area contributed by atoms with Crippen molar-refractivity contribution in [1.29, 1.82) is 0 Å². The lowest BCUT2D eigenvalue weighted by Gasteiger charge is -2.22. The number of rotatable bonds is 9. The molecule has 25 heteroatoms. The maximum Gasteiger partial charge on any atom is 0.279 e. The molecular weight excluding hydrogens is 1100 g/mol. The lowest BCUT2D eigenvalue weighted by Crippen LogP contribution is -2.17. The van der Waals surface area contributed by atoms with Crippen LogP contribution in [0.4, 0.5) is 77.2 Å². The van der Waals surface area contributed by atoms with Crippen molar-refractivity contribution >= 4 is 63.7 Å². The van der Waals surface area contributed by atoms with Gasteiger partial charge in [0.25, 0.3) is 5.69 Å². The molecule has 0 aliphatic carbocycles. The van der Waals surface area contributed by atoms with Gasteiger partial charge in [-0.25, -0.2) is 75.8 Å². The maximum absolute atomic E-state index is 16.3. The summed E-state index contributed by atoms with van der Waals surface area (Å²) in [5.41, 5.74) is -16.8. The Morgan fingerprint density at radius 2 is 0.852 bits per heavy atom. The van der Waals surface area contributed by atoms with Crippen molar-refractivity contribution < 1.29 is 75.6 Å². The molecule has 412 valence electrons. The number of H-pyrrole nitrogens is 2. The molecular formula is C56H30F15N7O3. The zero-order valence-electron chi connectivity index (χ0n) is 41.2. The van der Waals surface area contributed by atoms with Crippen LogP contribution in [0.1, 0.15) is 61.1 Å². The van der Waals surface area contributed by atoms with Crippen molar-refractivity contribution in [2.45, 2.75) is 39.0 Å². The molecule has 6 heterocycles. The summed E-state index contributed by atoms with van der Waals surface area (Å²) in [5.74, 6) is -38.9. The second kappa shape index (κ2) is 20.3. The van der Waals surface area contributed by atoms with Gasteiger partial charge in [0.2, 0.25) is 23.4 Å². The van der Waals surface area contributed by atoms with Crippen LogP contribution in [0, 0.1) is 97.4 Å². The van der Waals surface area contributed by atoms with Crippen LogP contribution in [0.5, 0.6) is 0 Å². The zero-order chi connectivity index (χ0) is 58.4. The molecule has 2 aliphatic heterocycles. The molecule has 10 nitrogen and oxygen atoms in total. The number of nitro groups is 1. The van der Waals surface area contributed by atoms with Crippen LogP contribution in [-0.4, -0.2) is 35.8 Å². The summed E-state index contributed by atoms with van der Waals surface area (Å²) in [7, 11) is 0. The molecule has 0 saturated carbocycles. The highest BCUT2D eigenvalue weighted by Gasteiger charge is 2.35. The van der Waals surface area contributed by atoms with E-state index in [9.17, 15) is 28.1 Å². The molecule has 0 unspecified atom stereocenters. The molecule has 0 spiro atoms. The largest absolute Gasteiger partial charge is 0.354 e. The van der Waals surface area contributed by atoms with Gasteiger partial charge in [-0.1, -0.05) is 26.8 Å². The average Bonchev–Trinajstić information content (AvgIpc) is 4.31. The lowest BCUT2D eigenvalue weighted by atomic mass is 9.84. The van der Waals surface area contributed by atoms with Gasteiger partial charge in [0.15, 0.2) is 69.8 Å². The number of aromatic amines is 2. The van der Waals surface area contributed by atoms with E-state index in [1.807, 2.05) is 0 Å². The van der Waals surface area contributed by atoms with E-state index < -0.39 is 199 Å². The third-order valence-electron chi connectivity index (χ3n) is 13.2. The number of halogens is 15. The Balaban J connectivity index is 1.44. The summed E-state index contributed by atoms with van der Waals surface area (Å²) >= 11 is 0. The number of nitro benzene ring substituents is 1. The monoisotopic (exact) mass is 1130 g/mol. The van der Waals surface area contributed by atoms with Crippen LogP contribution in [0.25, 0.3) is 90.9 Å². The molecule has 0 radical (unpaired) electrons. The Bertz CT molecular complexity index is 4170. The van der Waals surface area contributed by atoms with Gasteiger partial charge in [-0.15, -0.1) is 0 Å². The molecule has 8 aromatic rings. The molecule has 0 fully saturated rings. The van der Waals surface area contributed by atoms with Gasteiger partial charge >= 0.3 is 0 Å². The van der Waals surface area contributed by atoms with Crippen molar-refractivity contribution in [3.05, 3.63) is 192 Å². The van der Waals surface area contributed by atoms with E-state index in [1.165, 1.54) is 18.5 Å². The van der Waals surface area contributed by atoms with Gasteiger partial charge in [-0.3, -0.25) is 19.9 Å². The van der Waals surface area contributed by atoms with Gasteiger partial charge in [0.1, 0.15) is 0 Å². The minimum atomic E-state index is -2.67. The van der Waals surface area contributed by atoms with Gasteiger partial charge in [-0.05, 0) is 83.7 Å². The molecule has 1 amide bonds. The Morgan fingerprint density at radius 3 is 1.17 bits per heavy atom. The number of nitrogens with zero attached hydrogens (tertiary/aromatic N) is 4. The smallest absolute Gasteiger partial charge is 0.279 e. The quantitative estimate of drug-likeness (QED) is 0.0432. The van der Waals surface area contributed by atoms with E-state index in [0.717, 1.165) is 54.6 Å². The van der Waals surface area contributed by atoms with Crippen LogP contribution in [0.15, 0.2) is 60.9 Å². The number of anilines is 1. The van der Waals surface area contributed by atoms with E-state index >= 15 is 52.7 Å². The van der Waals surface area contributed by atoms with Crippen molar-refractivity contribution in [3.8, 4) is 44.5 Å². The van der Waals surface area contributed by atoms with Gasteiger partial charge in [0.05, 0.1) is 55.6 Å². The first-order chi connectivity index (χ1) is 38.3. The second-order valence-corrected chi connectivity index (χ2v) is 19.2. The number of amides is 1. The maximum atomic E-state index is 16.3. The van der Waals surface area contributed by atoms with E-state index in [-0.39, 0.29) is 24.1 Å². The highest BCUT2D eigenvalue weighted by atomic mass is 19.2. The highest BCUT2D eigenvalue weighted by Crippen LogP contribution is 2.47. The summed E-state index contributed by atoms with van der Waals surface area (Å²) in [4.78, 5) is 44.3. The Labute approximate surface area is 444 Å². The molecule has 10 rings (SSSR count). The predicted molar refractivity (Wildman–Crippen MR) is 267 cm³/mol. The SMILES string of the molecule is CC(C)(C)c1cc(NC(=O)CCc2cccnc2)c(-c2c3nc(c(-c4c(F)c(F)c(F)c(F)c4F)c4ccc([nH]4)c(-c4c(F)c(F)c(F)c(F)c4F)c4nc(c(-c5c(F)c(F)c(F)c(F)c5F)c5ccc2[nH]5)C=C4)C=C3)c([N+](=O)[O-])c1. The summed E-state index contributed by atoms with van der Waals surface area (Å²) in [6.45, 7) is 4.98. The second-order valence-electron chi connectivity index (χ2n) is 19.2. The first kappa shape index (κ1) is 54.8. The number of carbonyl (C=O) groups is 1. The number of aryl methyl sites for hydroxylation is 1. The minimum absolute atomic E-state index is 0.0751. The lowest BCUT2D eigenvalue weighted by molar-refractivity contribution is -0.384. The normalized spacial score (nSPS) is 12.2. The Kier molecular flexibility index (Phi) is 13.7. The van der Waals surface area contributed by atoms with Gasteiger partial charge < -0.3 is 15.3 Å². The highest BCUT2D eigenvalue weighted by molar-refractivity contribution is 6.06. The number of hydrogen-bond acceptors (Lipinski definition) is 6. The summed E-state index contributed by atoms with van der Waals surface area (Å²) < 4.78 is 233. The van der Waals surface area contributed by atoms with E-state index in [0.29, 0.717) is 5.56 Å². The number of hydrogen-bond donors (Lipinski definition) is 3. The first-order valence-corrected chi connectivity index (χ1v) is 23.5. The molecule has 4 aromatic heterocycles. The van der Waals surface area contributed by atoms with E-state index in [4.69, 9.17) is 0 Å². The van der Waals surface area contributed by atoms with E-state index in [1.54, 1.807) is 32.9 Å². The van der Waals surface area contributed by atoms with Crippen LogP contribution >= 0.6 is 0 Å². The van der Waals surface area contributed by atoms with Crippen LogP contribution < -0.4 is 5.32 Å². The summed E-state index contributed by atoms with van der Waals surface area (Å²) in [5, 5.41) is 16.1. The van der Waals surface area contributed by atoms with Crippen molar-refractivity contribution in [1.82, 2.24) is 24.9 Å². The van der Waals surface area contributed by atoms with Crippen molar-refractivity contribution in [3.63, 3.8) is 0 Å². The third-order valence-corrected chi connectivity index (χ3v) is 13.2. The predicted octanol–water partition coefficient (Wildman–Crippen LogP) is 15.6. The topological polar surface area (TPSA) is 142 Å². The molecule has 81 heavy (non-hydrogen) atoms. The number of benzene rings is 4. The molecule has 3 N–H and O–H groups in total. The Hall–Kier alpha value is -9.55. The fourth-order valence-corrected chi connectivity index (χ4v) is 9.31. The first-order valence-electron chi connectivity index (χ1n) is 23.5.